The van der Waals surface area contributed by atoms with E-state index in [1.54, 1.807) is 0 Å². The van der Waals surface area contributed by atoms with Crippen LogP contribution in [0.15, 0.2) is 24.3 Å². The zero-order valence-electron chi connectivity index (χ0n) is 20.4. The smallest absolute Gasteiger partial charge is 0.411 e. The summed E-state index contributed by atoms with van der Waals surface area (Å²) in [6.45, 7) is 6.85. The second kappa shape index (κ2) is 17.8. The molecule has 1 fully saturated rings. The number of nitrogens with one attached hydrogen (secondary N) is 1. The van der Waals surface area contributed by atoms with E-state index in [0.29, 0.717) is 6.61 Å². The molecular weight excluding hydrogens is 400 g/mol. The molecule has 1 saturated heterocycles. The van der Waals surface area contributed by atoms with Gasteiger partial charge in [0.15, 0.2) is 0 Å². The van der Waals surface area contributed by atoms with Gasteiger partial charge in [0, 0.05) is 12.2 Å². The number of carbonyl (C=O) groups excluding carboxylic acids is 1. The molecule has 182 valence electrons. The fraction of sp³-hybridized carbons (Fsp3) is 0.741. The summed E-state index contributed by atoms with van der Waals surface area (Å²) in [7, 11) is 0. The topological polar surface area (TPSA) is 50.8 Å². The van der Waals surface area contributed by atoms with Gasteiger partial charge in [-0.15, -0.1) is 0 Å². The van der Waals surface area contributed by atoms with Crippen LogP contribution in [0, 0.1) is 0 Å². The van der Waals surface area contributed by atoms with E-state index in [9.17, 15) is 4.79 Å². The van der Waals surface area contributed by atoms with E-state index in [1.165, 1.54) is 90.1 Å². The number of anilines is 1. The Morgan fingerprint density at radius 3 is 2.09 bits per heavy atom. The Hall–Kier alpha value is -1.75. The summed E-state index contributed by atoms with van der Waals surface area (Å²) in [6, 6.07) is 7.54. The molecule has 0 spiro atoms. The van der Waals surface area contributed by atoms with Crippen LogP contribution in [0.2, 0.25) is 0 Å². The van der Waals surface area contributed by atoms with Crippen LogP contribution in [0.1, 0.15) is 96.8 Å². The third kappa shape index (κ3) is 12.9. The third-order valence-electron chi connectivity index (χ3n) is 6.17. The molecular formula is C27H46N2O3. The van der Waals surface area contributed by atoms with Gasteiger partial charge in [-0.3, -0.25) is 5.32 Å². The lowest BCUT2D eigenvalue weighted by molar-refractivity contribution is 0.148. The van der Waals surface area contributed by atoms with Crippen LogP contribution in [-0.4, -0.2) is 43.8 Å². The minimum absolute atomic E-state index is 0.386. The highest BCUT2D eigenvalue weighted by molar-refractivity contribution is 5.84. The standard InChI is InChI=1S/C27H46N2O3/c1-2-3-4-5-6-7-8-9-10-14-23-31-26-18-16-25(17-19-26)28-27(30)32-24-15-22-29-20-12-11-13-21-29/h16-19H,2-15,20-24H2,1H3,(H,28,30). The van der Waals surface area contributed by atoms with E-state index in [-0.39, 0.29) is 6.09 Å². The first-order valence-electron chi connectivity index (χ1n) is 13.2. The van der Waals surface area contributed by atoms with Crippen molar-refractivity contribution in [2.24, 2.45) is 0 Å². The molecule has 5 nitrogen and oxygen atoms in total. The van der Waals surface area contributed by atoms with E-state index in [1.807, 2.05) is 24.3 Å². The lowest BCUT2D eigenvalue weighted by Gasteiger charge is -2.26. The van der Waals surface area contributed by atoms with Gasteiger partial charge in [-0.1, -0.05) is 71.1 Å². The van der Waals surface area contributed by atoms with Crippen molar-refractivity contribution >= 4 is 11.8 Å². The Morgan fingerprint density at radius 1 is 0.812 bits per heavy atom. The normalized spacial score (nSPS) is 14.3. The number of hydrogen-bond acceptors (Lipinski definition) is 4. The Labute approximate surface area is 196 Å². The van der Waals surface area contributed by atoms with Crippen LogP contribution in [0.4, 0.5) is 10.5 Å². The number of piperidine rings is 1. The maximum Gasteiger partial charge on any atom is 0.411 e. The maximum atomic E-state index is 12.0. The number of carbonyl (C=O) groups is 1. The number of likely N-dealkylation sites (tertiary alicyclic amines) is 1. The number of rotatable bonds is 17. The summed E-state index contributed by atoms with van der Waals surface area (Å²) in [5.74, 6) is 0.848. The number of hydrogen-bond donors (Lipinski definition) is 1. The summed E-state index contributed by atoms with van der Waals surface area (Å²) in [6.07, 6.45) is 17.7. The summed E-state index contributed by atoms with van der Waals surface area (Å²) >= 11 is 0. The average Bonchev–Trinajstić information content (AvgIpc) is 2.82. The fourth-order valence-electron chi connectivity index (χ4n) is 4.20. The molecule has 0 saturated carbocycles. The largest absolute Gasteiger partial charge is 0.494 e. The Morgan fingerprint density at radius 2 is 1.44 bits per heavy atom. The van der Waals surface area contributed by atoms with Gasteiger partial charge >= 0.3 is 6.09 Å². The van der Waals surface area contributed by atoms with Crippen molar-refractivity contribution in [1.29, 1.82) is 0 Å². The predicted molar refractivity (Wildman–Crippen MR) is 134 cm³/mol. The Bertz CT molecular complexity index is 585. The first-order valence-corrected chi connectivity index (χ1v) is 13.2. The van der Waals surface area contributed by atoms with Crippen molar-refractivity contribution < 1.29 is 14.3 Å². The molecule has 0 bridgehead atoms. The quantitative estimate of drug-likeness (QED) is 0.253. The number of nitrogens with zero attached hydrogens (tertiary/aromatic N) is 1. The van der Waals surface area contributed by atoms with Gasteiger partial charge in [0.25, 0.3) is 0 Å². The van der Waals surface area contributed by atoms with Crippen LogP contribution in [0.3, 0.4) is 0 Å². The third-order valence-corrected chi connectivity index (χ3v) is 6.17. The van der Waals surface area contributed by atoms with Gasteiger partial charge in [0.05, 0.1) is 13.2 Å². The average molecular weight is 447 g/mol. The van der Waals surface area contributed by atoms with Crippen molar-refractivity contribution in [2.45, 2.75) is 96.8 Å². The molecule has 0 atom stereocenters. The van der Waals surface area contributed by atoms with E-state index in [4.69, 9.17) is 9.47 Å². The van der Waals surface area contributed by atoms with Crippen molar-refractivity contribution in [3.05, 3.63) is 24.3 Å². The van der Waals surface area contributed by atoms with Crippen molar-refractivity contribution in [2.75, 3.05) is 38.2 Å². The molecule has 0 unspecified atom stereocenters. The molecule has 1 aliphatic heterocycles. The summed E-state index contributed by atoms with van der Waals surface area (Å²) in [5.41, 5.74) is 0.734. The second-order valence-corrected chi connectivity index (χ2v) is 9.07. The van der Waals surface area contributed by atoms with Crippen molar-refractivity contribution in [3.8, 4) is 5.75 Å². The highest BCUT2D eigenvalue weighted by Gasteiger charge is 2.10. The molecule has 32 heavy (non-hydrogen) atoms. The second-order valence-electron chi connectivity index (χ2n) is 9.07. The molecule has 1 heterocycles. The zero-order valence-corrected chi connectivity index (χ0v) is 20.4. The van der Waals surface area contributed by atoms with Crippen LogP contribution < -0.4 is 10.1 Å². The molecule has 1 amide bonds. The Kier molecular flexibility index (Phi) is 14.7. The first kappa shape index (κ1) is 26.5. The van der Waals surface area contributed by atoms with Gasteiger partial charge in [0.1, 0.15) is 5.75 Å². The van der Waals surface area contributed by atoms with Crippen LogP contribution in [0.25, 0.3) is 0 Å². The minimum atomic E-state index is -0.386. The van der Waals surface area contributed by atoms with Crippen molar-refractivity contribution in [1.82, 2.24) is 4.90 Å². The zero-order chi connectivity index (χ0) is 22.7. The van der Waals surface area contributed by atoms with Gasteiger partial charge in [-0.05, 0) is 63.0 Å². The molecule has 0 aromatic heterocycles. The van der Waals surface area contributed by atoms with E-state index < -0.39 is 0 Å². The Balaban J connectivity index is 1.44. The number of benzene rings is 1. The summed E-state index contributed by atoms with van der Waals surface area (Å²) in [5, 5.41) is 2.79. The predicted octanol–water partition coefficient (Wildman–Crippen LogP) is 7.41. The van der Waals surface area contributed by atoms with Gasteiger partial charge in [-0.2, -0.15) is 0 Å². The van der Waals surface area contributed by atoms with E-state index in [2.05, 4.69) is 17.1 Å². The molecule has 1 N–H and O–H groups in total. The highest BCUT2D eigenvalue weighted by Crippen LogP contribution is 2.17. The minimum Gasteiger partial charge on any atom is -0.494 e. The molecule has 1 aromatic carbocycles. The maximum absolute atomic E-state index is 12.0. The van der Waals surface area contributed by atoms with Crippen LogP contribution in [0.5, 0.6) is 5.75 Å². The molecule has 0 radical (unpaired) electrons. The van der Waals surface area contributed by atoms with E-state index >= 15 is 0 Å². The van der Waals surface area contributed by atoms with Gasteiger partial charge < -0.3 is 14.4 Å². The summed E-state index contributed by atoms with van der Waals surface area (Å²) in [4.78, 5) is 14.4. The molecule has 5 heteroatoms. The molecule has 1 aromatic rings. The molecule has 1 aliphatic rings. The summed E-state index contributed by atoms with van der Waals surface area (Å²) < 4.78 is 11.1. The fourth-order valence-corrected chi connectivity index (χ4v) is 4.20. The lowest BCUT2D eigenvalue weighted by atomic mass is 10.1. The molecule has 2 rings (SSSR count). The first-order chi connectivity index (χ1) is 15.8. The number of amides is 1. The van der Waals surface area contributed by atoms with E-state index in [0.717, 1.165) is 37.4 Å². The van der Waals surface area contributed by atoms with Crippen molar-refractivity contribution in [3.63, 3.8) is 0 Å². The molecule has 0 aliphatic carbocycles. The van der Waals surface area contributed by atoms with Gasteiger partial charge in [0.2, 0.25) is 0 Å². The lowest BCUT2D eigenvalue weighted by Crippen LogP contribution is -2.31. The van der Waals surface area contributed by atoms with Crippen LogP contribution in [-0.2, 0) is 4.74 Å². The number of unbranched alkanes of at least 4 members (excludes halogenated alkanes) is 9. The highest BCUT2D eigenvalue weighted by atomic mass is 16.5. The monoisotopic (exact) mass is 446 g/mol. The van der Waals surface area contributed by atoms with Crippen LogP contribution >= 0.6 is 0 Å². The number of ether oxygens (including phenoxy) is 2. The SMILES string of the molecule is CCCCCCCCCCCCOc1ccc(NC(=O)OCCCN2CCCCC2)cc1. The van der Waals surface area contributed by atoms with Gasteiger partial charge in [-0.25, -0.2) is 4.79 Å².